The van der Waals surface area contributed by atoms with E-state index >= 15 is 0 Å². The van der Waals surface area contributed by atoms with Crippen LogP contribution in [-0.2, 0) is 20.6 Å². The average Bonchev–Trinajstić information content (AvgIpc) is 2.83. The number of benzene rings is 1. The Morgan fingerprint density at radius 2 is 1.88 bits per heavy atom. The van der Waals surface area contributed by atoms with E-state index in [1.807, 2.05) is 0 Å². The van der Waals surface area contributed by atoms with Crippen LogP contribution in [0.2, 0.25) is 0 Å². The summed E-state index contributed by atoms with van der Waals surface area (Å²) in [7, 11) is 0. The van der Waals surface area contributed by atoms with Gasteiger partial charge in [0.25, 0.3) is 0 Å². The minimum atomic E-state index is -4.44. The van der Waals surface area contributed by atoms with Crippen LogP contribution in [0.15, 0.2) is 24.3 Å². The molecule has 0 radical (unpaired) electrons. The largest absolute Gasteiger partial charge is 0.416 e. The Kier molecular flexibility index (Phi) is 5.24. The van der Waals surface area contributed by atoms with Crippen LogP contribution >= 0.6 is 0 Å². The van der Waals surface area contributed by atoms with Gasteiger partial charge in [-0.15, -0.1) is 0 Å². The maximum absolute atomic E-state index is 12.6. The molecule has 5 nitrogen and oxygen atoms in total. The van der Waals surface area contributed by atoms with E-state index in [-0.39, 0.29) is 31.5 Å². The van der Waals surface area contributed by atoms with Crippen molar-refractivity contribution < 1.29 is 27.6 Å². The Morgan fingerprint density at radius 3 is 2.50 bits per heavy atom. The highest BCUT2D eigenvalue weighted by Gasteiger charge is 2.31. The van der Waals surface area contributed by atoms with Crippen molar-refractivity contribution in [2.45, 2.75) is 19.0 Å². The molecule has 0 unspecified atom stereocenters. The van der Waals surface area contributed by atoms with E-state index in [1.165, 1.54) is 12.1 Å². The van der Waals surface area contributed by atoms with Gasteiger partial charge < -0.3 is 5.32 Å². The predicted octanol–water partition coefficient (Wildman–Crippen LogP) is 1.32. The lowest BCUT2D eigenvalue weighted by Gasteiger charge is -2.12. The molecule has 1 heterocycles. The summed E-state index contributed by atoms with van der Waals surface area (Å²) in [5.41, 5.74) is -0.631. The maximum Gasteiger partial charge on any atom is 0.416 e. The van der Waals surface area contributed by atoms with Gasteiger partial charge in [0, 0.05) is 18.4 Å². The molecule has 0 saturated carbocycles. The molecule has 0 bridgehead atoms. The normalized spacial score (nSPS) is 14.4. The first-order valence-electron chi connectivity index (χ1n) is 7.03. The molecule has 1 aromatic carbocycles. The van der Waals surface area contributed by atoms with Crippen molar-refractivity contribution in [2.75, 3.05) is 13.1 Å². The number of alkyl halides is 3. The molecule has 1 N–H and O–H groups in total. The van der Waals surface area contributed by atoms with Gasteiger partial charge in [-0.1, -0.05) is 17.9 Å². The van der Waals surface area contributed by atoms with Crippen molar-refractivity contribution in [3.8, 4) is 11.8 Å². The lowest BCUT2D eigenvalue weighted by Crippen LogP contribution is -2.40. The molecule has 24 heavy (non-hydrogen) atoms. The summed E-state index contributed by atoms with van der Waals surface area (Å²) in [6.45, 7) is -0.478. The third-order valence-electron chi connectivity index (χ3n) is 3.25. The van der Waals surface area contributed by atoms with Crippen LogP contribution in [0.3, 0.4) is 0 Å². The molecule has 0 spiro atoms. The number of carbonyl (C=O) groups excluding carboxylic acids is 3. The van der Waals surface area contributed by atoms with Gasteiger partial charge >= 0.3 is 6.18 Å². The van der Waals surface area contributed by atoms with E-state index < -0.39 is 29.5 Å². The van der Waals surface area contributed by atoms with Crippen molar-refractivity contribution >= 4 is 17.7 Å². The molecule has 0 aromatic heterocycles. The zero-order chi connectivity index (χ0) is 17.7. The molecule has 2 rings (SSSR count). The number of nitrogens with one attached hydrogen (secondary N) is 1. The number of hydrogen-bond donors (Lipinski definition) is 1. The van der Waals surface area contributed by atoms with Crippen molar-refractivity contribution in [3.63, 3.8) is 0 Å². The van der Waals surface area contributed by atoms with E-state index in [0.29, 0.717) is 0 Å². The average molecular weight is 338 g/mol. The van der Waals surface area contributed by atoms with Gasteiger partial charge in [-0.3, -0.25) is 19.3 Å². The fourth-order valence-electron chi connectivity index (χ4n) is 2.06. The molecule has 1 aliphatic rings. The van der Waals surface area contributed by atoms with Gasteiger partial charge in [-0.25, -0.2) is 0 Å². The van der Waals surface area contributed by atoms with Crippen molar-refractivity contribution in [2.24, 2.45) is 0 Å². The zero-order valence-electron chi connectivity index (χ0n) is 12.4. The van der Waals surface area contributed by atoms with Gasteiger partial charge in [0.15, 0.2) is 0 Å². The predicted molar refractivity (Wildman–Crippen MR) is 77.3 cm³/mol. The van der Waals surface area contributed by atoms with Crippen LogP contribution in [0.4, 0.5) is 13.2 Å². The SMILES string of the molecule is O=C(CN1C(=O)CCC1=O)NCC#Cc1cccc(C(F)(F)F)c1. The van der Waals surface area contributed by atoms with Gasteiger partial charge in [-0.05, 0) is 18.2 Å². The molecule has 3 amide bonds. The number of amides is 3. The Hall–Kier alpha value is -2.82. The smallest absolute Gasteiger partial charge is 0.344 e. The molecule has 1 saturated heterocycles. The third-order valence-corrected chi connectivity index (χ3v) is 3.25. The summed E-state index contributed by atoms with van der Waals surface area (Å²) >= 11 is 0. The maximum atomic E-state index is 12.6. The second-order valence-corrected chi connectivity index (χ2v) is 5.03. The van der Waals surface area contributed by atoms with E-state index in [2.05, 4.69) is 17.2 Å². The topological polar surface area (TPSA) is 66.5 Å². The summed E-state index contributed by atoms with van der Waals surface area (Å²) < 4.78 is 37.7. The van der Waals surface area contributed by atoms with E-state index in [1.54, 1.807) is 0 Å². The number of carbonyl (C=O) groups is 3. The van der Waals surface area contributed by atoms with Gasteiger partial charge in [-0.2, -0.15) is 13.2 Å². The first kappa shape index (κ1) is 17.5. The highest BCUT2D eigenvalue weighted by Crippen LogP contribution is 2.29. The Morgan fingerprint density at radius 1 is 1.21 bits per heavy atom. The van der Waals surface area contributed by atoms with Crippen LogP contribution in [-0.4, -0.2) is 35.7 Å². The Bertz CT molecular complexity index is 716. The van der Waals surface area contributed by atoms with Crippen molar-refractivity contribution in [1.82, 2.24) is 10.2 Å². The monoisotopic (exact) mass is 338 g/mol. The standard InChI is InChI=1S/C16H13F3N2O3/c17-16(18,19)12-5-1-3-11(9-12)4-2-8-20-13(22)10-21-14(23)6-7-15(21)24/h1,3,5,9H,6-8,10H2,(H,20,22). The highest BCUT2D eigenvalue weighted by molar-refractivity contribution is 6.04. The molecular weight excluding hydrogens is 325 g/mol. The lowest BCUT2D eigenvalue weighted by atomic mass is 10.1. The number of imide groups is 1. The quantitative estimate of drug-likeness (QED) is 0.668. The lowest BCUT2D eigenvalue weighted by molar-refractivity contribution is -0.142. The summed E-state index contributed by atoms with van der Waals surface area (Å²) in [5, 5.41) is 2.38. The second kappa shape index (κ2) is 7.17. The highest BCUT2D eigenvalue weighted by atomic mass is 19.4. The Balaban J connectivity index is 1.87. The van der Waals surface area contributed by atoms with Gasteiger partial charge in [0.1, 0.15) is 6.54 Å². The van der Waals surface area contributed by atoms with Crippen molar-refractivity contribution in [3.05, 3.63) is 35.4 Å². The van der Waals surface area contributed by atoms with E-state index in [9.17, 15) is 27.6 Å². The first-order valence-corrected chi connectivity index (χ1v) is 7.03. The van der Waals surface area contributed by atoms with Gasteiger partial charge in [0.2, 0.25) is 17.7 Å². The summed E-state index contributed by atoms with van der Waals surface area (Å²) in [5.74, 6) is 3.68. The molecule has 0 aliphatic carbocycles. The molecule has 126 valence electrons. The fraction of sp³-hybridized carbons (Fsp3) is 0.312. The number of halogens is 3. The minimum Gasteiger partial charge on any atom is -0.344 e. The molecular formula is C16H13F3N2O3. The second-order valence-electron chi connectivity index (χ2n) is 5.03. The molecule has 1 aliphatic heterocycles. The molecule has 0 atom stereocenters. The van der Waals surface area contributed by atoms with Crippen LogP contribution in [0.25, 0.3) is 0 Å². The van der Waals surface area contributed by atoms with E-state index in [4.69, 9.17) is 0 Å². The Labute approximate surface area is 135 Å². The van der Waals surface area contributed by atoms with Gasteiger partial charge in [0.05, 0.1) is 12.1 Å². The van der Waals surface area contributed by atoms with E-state index in [0.717, 1.165) is 17.0 Å². The summed E-state index contributed by atoms with van der Waals surface area (Å²) in [4.78, 5) is 35.2. The van der Waals surface area contributed by atoms with Crippen LogP contribution in [0, 0.1) is 11.8 Å². The van der Waals surface area contributed by atoms with Crippen LogP contribution in [0.5, 0.6) is 0 Å². The number of nitrogens with zero attached hydrogens (tertiary/aromatic N) is 1. The summed E-state index contributed by atoms with van der Waals surface area (Å²) in [6, 6.07) is 4.52. The number of likely N-dealkylation sites (tertiary alicyclic amines) is 1. The summed E-state index contributed by atoms with van der Waals surface area (Å²) in [6.07, 6.45) is -4.25. The molecule has 1 fully saturated rings. The van der Waals surface area contributed by atoms with Crippen molar-refractivity contribution in [1.29, 1.82) is 0 Å². The zero-order valence-corrected chi connectivity index (χ0v) is 12.4. The molecule has 8 heteroatoms. The minimum absolute atomic E-state index is 0.0987. The third kappa shape index (κ3) is 4.59. The first-order chi connectivity index (χ1) is 11.3. The van der Waals surface area contributed by atoms with Crippen LogP contribution < -0.4 is 5.32 Å². The number of rotatable bonds is 3. The fourth-order valence-corrected chi connectivity index (χ4v) is 2.06. The molecule has 1 aromatic rings. The van der Waals surface area contributed by atoms with Crippen LogP contribution in [0.1, 0.15) is 24.0 Å². The number of hydrogen-bond acceptors (Lipinski definition) is 3.